The SMILES string of the molecule is CCNC(=O)CN(CC)C(=O)C(C)C(C)C(=O)O. The lowest BCUT2D eigenvalue weighted by atomic mass is 9.94. The number of nitrogens with one attached hydrogen (secondary N) is 1. The Kier molecular flexibility index (Phi) is 7.00. The molecule has 104 valence electrons. The van der Waals surface area contributed by atoms with Crippen molar-refractivity contribution in [1.29, 1.82) is 0 Å². The van der Waals surface area contributed by atoms with E-state index in [4.69, 9.17) is 5.11 Å². The van der Waals surface area contributed by atoms with Gasteiger partial charge in [-0.2, -0.15) is 0 Å². The number of amides is 2. The van der Waals surface area contributed by atoms with Crippen molar-refractivity contribution in [1.82, 2.24) is 10.2 Å². The van der Waals surface area contributed by atoms with Crippen molar-refractivity contribution in [2.24, 2.45) is 11.8 Å². The van der Waals surface area contributed by atoms with Gasteiger partial charge in [-0.05, 0) is 13.8 Å². The third kappa shape index (κ3) is 4.73. The third-order valence-corrected chi connectivity index (χ3v) is 2.93. The van der Waals surface area contributed by atoms with Crippen LogP contribution in [-0.4, -0.2) is 47.4 Å². The molecule has 0 aromatic heterocycles. The molecule has 0 aromatic rings. The van der Waals surface area contributed by atoms with Crippen molar-refractivity contribution < 1.29 is 19.5 Å². The number of carboxylic acids is 1. The molecule has 0 heterocycles. The van der Waals surface area contributed by atoms with Gasteiger partial charge in [-0.1, -0.05) is 13.8 Å². The first-order valence-electron chi connectivity index (χ1n) is 6.13. The lowest BCUT2D eigenvalue weighted by molar-refractivity contribution is -0.149. The molecule has 0 saturated heterocycles. The Hall–Kier alpha value is -1.59. The van der Waals surface area contributed by atoms with Crippen LogP contribution in [0.2, 0.25) is 0 Å². The molecule has 0 fully saturated rings. The first-order valence-corrected chi connectivity index (χ1v) is 6.13. The fourth-order valence-electron chi connectivity index (χ4n) is 1.49. The molecule has 0 aliphatic carbocycles. The average molecular weight is 258 g/mol. The lowest BCUT2D eigenvalue weighted by Crippen LogP contribution is -2.44. The van der Waals surface area contributed by atoms with Crippen LogP contribution in [0.1, 0.15) is 27.7 Å². The summed E-state index contributed by atoms with van der Waals surface area (Å²) >= 11 is 0. The van der Waals surface area contributed by atoms with Crippen molar-refractivity contribution in [3.63, 3.8) is 0 Å². The highest BCUT2D eigenvalue weighted by molar-refractivity contribution is 5.88. The molecule has 0 bridgehead atoms. The Balaban J connectivity index is 4.60. The van der Waals surface area contributed by atoms with Crippen LogP contribution >= 0.6 is 0 Å². The van der Waals surface area contributed by atoms with E-state index in [0.717, 1.165) is 0 Å². The van der Waals surface area contributed by atoms with E-state index in [-0.39, 0.29) is 18.4 Å². The predicted molar refractivity (Wildman–Crippen MR) is 66.9 cm³/mol. The van der Waals surface area contributed by atoms with Gasteiger partial charge in [0.15, 0.2) is 0 Å². The number of carbonyl (C=O) groups is 3. The van der Waals surface area contributed by atoms with Crippen LogP contribution in [0.15, 0.2) is 0 Å². The quantitative estimate of drug-likeness (QED) is 0.689. The van der Waals surface area contributed by atoms with Gasteiger partial charge < -0.3 is 15.3 Å². The second-order valence-corrected chi connectivity index (χ2v) is 4.22. The summed E-state index contributed by atoms with van der Waals surface area (Å²) in [7, 11) is 0. The van der Waals surface area contributed by atoms with E-state index in [0.29, 0.717) is 13.1 Å². The standard InChI is InChI=1S/C12H22N2O4/c1-5-13-10(15)7-14(6-2)11(16)8(3)9(4)12(17)18/h8-9H,5-7H2,1-4H3,(H,13,15)(H,17,18). The Labute approximate surface area is 107 Å². The summed E-state index contributed by atoms with van der Waals surface area (Å²) in [4.78, 5) is 35.7. The van der Waals surface area contributed by atoms with Crippen molar-refractivity contribution in [3.8, 4) is 0 Å². The summed E-state index contributed by atoms with van der Waals surface area (Å²) in [6, 6.07) is 0. The minimum atomic E-state index is -1.01. The minimum Gasteiger partial charge on any atom is -0.481 e. The monoisotopic (exact) mass is 258 g/mol. The number of hydrogen-bond acceptors (Lipinski definition) is 3. The highest BCUT2D eigenvalue weighted by atomic mass is 16.4. The van der Waals surface area contributed by atoms with E-state index in [9.17, 15) is 14.4 Å². The summed E-state index contributed by atoms with van der Waals surface area (Å²) in [6.07, 6.45) is 0. The Morgan fingerprint density at radius 1 is 1.17 bits per heavy atom. The fraction of sp³-hybridized carbons (Fsp3) is 0.750. The summed E-state index contributed by atoms with van der Waals surface area (Å²) in [5.41, 5.74) is 0. The van der Waals surface area contributed by atoms with Crippen molar-refractivity contribution in [3.05, 3.63) is 0 Å². The topological polar surface area (TPSA) is 86.7 Å². The maximum absolute atomic E-state index is 12.0. The average Bonchev–Trinajstić information content (AvgIpc) is 2.33. The molecule has 6 heteroatoms. The Morgan fingerprint density at radius 2 is 1.72 bits per heavy atom. The van der Waals surface area contributed by atoms with Crippen LogP contribution < -0.4 is 5.32 Å². The fourth-order valence-corrected chi connectivity index (χ4v) is 1.49. The molecule has 0 aromatic carbocycles. The number of carbonyl (C=O) groups excluding carboxylic acids is 2. The predicted octanol–water partition coefficient (Wildman–Crippen LogP) is 0.328. The Bertz CT molecular complexity index is 317. The maximum atomic E-state index is 12.0. The molecule has 2 unspecified atom stereocenters. The number of rotatable bonds is 7. The molecule has 2 atom stereocenters. The first-order chi connectivity index (χ1) is 8.34. The largest absolute Gasteiger partial charge is 0.481 e. The summed E-state index contributed by atoms with van der Waals surface area (Å²) in [5.74, 6) is -2.95. The molecule has 18 heavy (non-hydrogen) atoms. The molecular formula is C12H22N2O4. The number of carboxylic acid groups (broad SMARTS) is 1. The third-order valence-electron chi connectivity index (χ3n) is 2.93. The first kappa shape index (κ1) is 16.4. The highest BCUT2D eigenvalue weighted by Crippen LogP contribution is 2.14. The molecule has 0 radical (unpaired) electrons. The molecule has 0 aliphatic rings. The van der Waals surface area contributed by atoms with Crippen LogP contribution in [0.5, 0.6) is 0 Å². The van der Waals surface area contributed by atoms with Crippen molar-refractivity contribution in [2.75, 3.05) is 19.6 Å². The molecule has 2 N–H and O–H groups in total. The van der Waals surface area contributed by atoms with Crippen molar-refractivity contribution >= 4 is 17.8 Å². The van der Waals surface area contributed by atoms with Gasteiger partial charge in [0, 0.05) is 19.0 Å². The van der Waals surface area contributed by atoms with E-state index >= 15 is 0 Å². The van der Waals surface area contributed by atoms with Gasteiger partial charge in [-0.25, -0.2) is 0 Å². The number of nitrogens with zero attached hydrogens (tertiary/aromatic N) is 1. The number of hydrogen-bond donors (Lipinski definition) is 2. The summed E-state index contributed by atoms with van der Waals surface area (Å²) < 4.78 is 0. The molecule has 0 spiro atoms. The van der Waals surface area contributed by atoms with Crippen LogP contribution in [0.25, 0.3) is 0 Å². The molecule has 6 nitrogen and oxygen atoms in total. The van der Waals surface area contributed by atoms with E-state index in [1.165, 1.54) is 11.8 Å². The van der Waals surface area contributed by atoms with Gasteiger partial charge in [0.25, 0.3) is 0 Å². The second-order valence-electron chi connectivity index (χ2n) is 4.22. The Morgan fingerprint density at radius 3 is 2.11 bits per heavy atom. The van der Waals surface area contributed by atoms with Crippen LogP contribution in [-0.2, 0) is 14.4 Å². The lowest BCUT2D eigenvalue weighted by Gasteiger charge is -2.25. The van der Waals surface area contributed by atoms with Crippen molar-refractivity contribution in [2.45, 2.75) is 27.7 Å². The van der Waals surface area contributed by atoms with E-state index in [2.05, 4.69) is 5.32 Å². The maximum Gasteiger partial charge on any atom is 0.307 e. The van der Waals surface area contributed by atoms with E-state index in [1.807, 2.05) is 0 Å². The molecule has 2 amide bonds. The molecule has 0 rings (SSSR count). The minimum absolute atomic E-state index is 0.0279. The zero-order valence-corrected chi connectivity index (χ0v) is 11.4. The normalized spacial score (nSPS) is 13.6. The summed E-state index contributed by atoms with van der Waals surface area (Å²) in [5, 5.41) is 11.5. The molecule has 0 aliphatic heterocycles. The van der Waals surface area contributed by atoms with Gasteiger partial charge >= 0.3 is 5.97 Å². The molecule has 0 saturated carbocycles. The zero-order chi connectivity index (χ0) is 14.3. The smallest absolute Gasteiger partial charge is 0.307 e. The number of aliphatic carboxylic acids is 1. The highest BCUT2D eigenvalue weighted by Gasteiger charge is 2.29. The zero-order valence-electron chi connectivity index (χ0n) is 11.4. The van der Waals surface area contributed by atoms with E-state index in [1.54, 1.807) is 20.8 Å². The van der Waals surface area contributed by atoms with E-state index < -0.39 is 17.8 Å². The van der Waals surface area contributed by atoms with Crippen LogP contribution in [0.3, 0.4) is 0 Å². The van der Waals surface area contributed by atoms with Crippen LogP contribution in [0.4, 0.5) is 0 Å². The van der Waals surface area contributed by atoms with Gasteiger partial charge in [0.2, 0.25) is 11.8 Å². The molecular weight excluding hydrogens is 236 g/mol. The summed E-state index contributed by atoms with van der Waals surface area (Å²) in [6.45, 7) is 7.48. The van der Waals surface area contributed by atoms with Gasteiger partial charge in [-0.3, -0.25) is 14.4 Å². The number of likely N-dealkylation sites (N-methyl/N-ethyl adjacent to an activating group) is 2. The second kappa shape index (κ2) is 7.68. The van der Waals surface area contributed by atoms with Gasteiger partial charge in [0.1, 0.15) is 0 Å². The van der Waals surface area contributed by atoms with Crippen LogP contribution in [0, 0.1) is 11.8 Å². The van der Waals surface area contributed by atoms with Gasteiger partial charge in [-0.15, -0.1) is 0 Å². The van der Waals surface area contributed by atoms with Gasteiger partial charge in [0.05, 0.1) is 12.5 Å².